The van der Waals surface area contributed by atoms with Gasteiger partial charge >= 0.3 is 0 Å². The molecule has 3 aromatic heterocycles. The Balaban J connectivity index is 0.000000320. The van der Waals surface area contributed by atoms with Gasteiger partial charge in [0.05, 0.1) is 0 Å². The van der Waals surface area contributed by atoms with Gasteiger partial charge in [-0.3, -0.25) is 9.78 Å². The molecule has 1 N–H and O–H groups in total. The first-order chi connectivity index (χ1) is 25.5. The van der Waals surface area contributed by atoms with Crippen molar-refractivity contribution in [3.63, 3.8) is 0 Å². The molecule has 0 bridgehead atoms. The Hall–Kier alpha value is -3.15. The van der Waals surface area contributed by atoms with E-state index in [1.54, 1.807) is 0 Å². The number of pyridine rings is 1. The maximum absolute atomic E-state index is 12.2. The Morgan fingerprint density at radius 1 is 0.855 bits per heavy atom. The molecule has 295 valence electrons. The molecule has 0 unspecified atom stereocenters. The van der Waals surface area contributed by atoms with Gasteiger partial charge in [-0.25, -0.2) is 0 Å². The molecule has 0 saturated heterocycles. The van der Waals surface area contributed by atoms with Crippen LogP contribution in [-0.2, 0) is 36.7 Å². The zero-order valence-electron chi connectivity index (χ0n) is 35.0. The molecule has 6 aromatic rings. The SMILES string of the molecule is CCC(C)(CC)C(=O)/C=C(\O)C(C)(CC)CC.Cc1c(CC(C)C)sc2ccc(-c3cc4ccnc(-c5[c-]c6ccccc6c(C(C)(C)C)c5)c4s3)cc12.[Ir]. The minimum absolute atomic E-state index is 0. The fraction of sp³-hybridized carbons (Fsp3) is 0.429. The molecule has 0 aliphatic carbocycles. The third kappa shape index (κ3) is 9.53. The maximum Gasteiger partial charge on any atom is 0.164 e. The number of aromatic nitrogens is 1. The molecule has 3 aromatic carbocycles. The van der Waals surface area contributed by atoms with Crippen molar-refractivity contribution in [2.75, 3.05) is 0 Å². The number of fused-ring (bicyclic) bond motifs is 3. The molecule has 1 radical (unpaired) electrons. The van der Waals surface area contributed by atoms with Gasteiger partial charge in [0.1, 0.15) is 5.76 Å². The molecule has 3 heterocycles. The van der Waals surface area contributed by atoms with Gasteiger partial charge in [-0.2, -0.15) is 0 Å². The van der Waals surface area contributed by atoms with Crippen molar-refractivity contribution < 1.29 is 30.0 Å². The van der Waals surface area contributed by atoms with Crippen LogP contribution in [0.3, 0.4) is 0 Å². The van der Waals surface area contributed by atoms with Crippen LogP contribution in [0.25, 0.3) is 52.6 Å². The number of ketones is 1. The maximum atomic E-state index is 12.2. The molecule has 6 rings (SSSR count). The molecule has 0 amide bonds. The molecule has 0 aliphatic heterocycles. The number of thiophene rings is 2. The summed E-state index contributed by atoms with van der Waals surface area (Å²) in [5, 5.41) is 15.2. The average Bonchev–Trinajstić information content (AvgIpc) is 3.73. The van der Waals surface area contributed by atoms with Crippen LogP contribution in [0, 0.1) is 29.7 Å². The van der Waals surface area contributed by atoms with Gasteiger partial charge in [-0.05, 0) is 96.5 Å². The van der Waals surface area contributed by atoms with Crippen LogP contribution >= 0.6 is 22.7 Å². The van der Waals surface area contributed by atoms with Gasteiger partial charge in [0.25, 0.3) is 0 Å². The molecular formula is C49H60IrNO2S2-. The van der Waals surface area contributed by atoms with E-state index in [0.717, 1.165) is 48.7 Å². The molecule has 0 saturated carbocycles. The molecule has 55 heavy (non-hydrogen) atoms. The van der Waals surface area contributed by atoms with Crippen molar-refractivity contribution in [1.29, 1.82) is 0 Å². The van der Waals surface area contributed by atoms with E-state index in [-0.39, 0.29) is 47.9 Å². The van der Waals surface area contributed by atoms with E-state index in [1.165, 1.54) is 58.1 Å². The van der Waals surface area contributed by atoms with Gasteiger partial charge in [0.2, 0.25) is 0 Å². The van der Waals surface area contributed by atoms with Crippen molar-refractivity contribution in [1.82, 2.24) is 4.98 Å². The number of aryl methyl sites for hydroxylation is 1. The van der Waals surface area contributed by atoms with Crippen LogP contribution in [-0.4, -0.2) is 15.9 Å². The predicted octanol–water partition coefficient (Wildman–Crippen LogP) is 15.3. The van der Waals surface area contributed by atoms with E-state index in [1.807, 2.05) is 70.4 Å². The summed E-state index contributed by atoms with van der Waals surface area (Å²) in [5.41, 5.74) is 5.59. The number of aliphatic hydroxyl groups excluding tert-OH is 1. The minimum Gasteiger partial charge on any atom is -0.512 e. The second kappa shape index (κ2) is 18.0. The number of aliphatic hydroxyl groups is 1. The molecule has 0 spiro atoms. The van der Waals surface area contributed by atoms with Crippen molar-refractivity contribution in [2.24, 2.45) is 16.7 Å². The van der Waals surface area contributed by atoms with Gasteiger partial charge in [-0.1, -0.05) is 111 Å². The van der Waals surface area contributed by atoms with E-state index < -0.39 is 0 Å². The molecular weight excluding hydrogens is 891 g/mol. The summed E-state index contributed by atoms with van der Waals surface area (Å²) < 4.78 is 2.62. The van der Waals surface area contributed by atoms with E-state index in [0.29, 0.717) is 5.92 Å². The number of allylic oxidation sites excluding steroid dienone is 2. The van der Waals surface area contributed by atoms with E-state index in [2.05, 4.69) is 108 Å². The van der Waals surface area contributed by atoms with Crippen molar-refractivity contribution >= 4 is 59.4 Å². The Kier molecular flexibility index (Phi) is 14.6. The quantitative estimate of drug-likeness (QED) is 0.0800. The average molecular weight is 951 g/mol. The number of rotatable bonds is 11. The third-order valence-electron chi connectivity index (χ3n) is 11.8. The second-order valence-electron chi connectivity index (χ2n) is 17.0. The first-order valence-corrected chi connectivity index (χ1v) is 21.4. The van der Waals surface area contributed by atoms with Gasteiger partial charge in [0, 0.05) is 68.1 Å². The Morgan fingerprint density at radius 2 is 1.51 bits per heavy atom. The summed E-state index contributed by atoms with van der Waals surface area (Å²) in [6.45, 7) is 25.8. The molecule has 6 heteroatoms. The summed E-state index contributed by atoms with van der Waals surface area (Å²) >= 11 is 3.80. The van der Waals surface area contributed by atoms with Crippen LogP contribution in [0.4, 0.5) is 0 Å². The van der Waals surface area contributed by atoms with Crippen molar-refractivity contribution in [3.05, 3.63) is 101 Å². The van der Waals surface area contributed by atoms with Crippen LogP contribution < -0.4 is 0 Å². The van der Waals surface area contributed by atoms with Gasteiger partial charge < -0.3 is 5.11 Å². The number of hydrogen-bond acceptors (Lipinski definition) is 5. The summed E-state index contributed by atoms with van der Waals surface area (Å²) in [7, 11) is 0. The van der Waals surface area contributed by atoms with Crippen LogP contribution in [0.1, 0.15) is 118 Å². The number of benzene rings is 3. The van der Waals surface area contributed by atoms with E-state index in [9.17, 15) is 9.90 Å². The largest absolute Gasteiger partial charge is 0.512 e. The van der Waals surface area contributed by atoms with Gasteiger partial charge in [-0.15, -0.1) is 51.8 Å². The number of carbonyl (C=O) groups is 1. The first-order valence-electron chi connectivity index (χ1n) is 19.8. The summed E-state index contributed by atoms with van der Waals surface area (Å²) in [5.74, 6) is 0.958. The summed E-state index contributed by atoms with van der Waals surface area (Å²) in [6, 6.07) is 26.0. The monoisotopic (exact) mass is 951 g/mol. The number of nitrogens with zero attached hydrogens (tertiary/aromatic N) is 1. The number of hydrogen-bond donors (Lipinski definition) is 1. The standard InChI is InChI=1S/C34H32NS2.C15H28O2.Ir/c1-20(2)15-30-21(3)27-17-23(11-12-29(27)36-30)31-19-24-13-14-35-32(33(24)37-31)25-16-22-9-7-8-10-26(22)28(18-25)34(4,5)6;1-7-14(5,8-2)12(16)11-13(17)15(6,9-3)10-4;/h7-14,17-20H,15H2,1-6H3;11,16H,7-10H2,1-6H3;/q-1;;/b;12-11-;. The van der Waals surface area contributed by atoms with Crippen LogP contribution in [0.5, 0.6) is 0 Å². The van der Waals surface area contributed by atoms with E-state index in [4.69, 9.17) is 4.98 Å². The van der Waals surface area contributed by atoms with Crippen LogP contribution in [0.15, 0.2) is 78.7 Å². The smallest absolute Gasteiger partial charge is 0.164 e. The Labute approximate surface area is 352 Å². The fourth-order valence-electron chi connectivity index (χ4n) is 6.95. The topological polar surface area (TPSA) is 50.2 Å². The molecule has 3 nitrogen and oxygen atoms in total. The molecule has 0 fully saturated rings. The third-order valence-corrected chi connectivity index (χ3v) is 14.3. The van der Waals surface area contributed by atoms with Crippen molar-refractivity contribution in [3.8, 4) is 21.7 Å². The summed E-state index contributed by atoms with van der Waals surface area (Å²) in [4.78, 5) is 19.9. The Morgan fingerprint density at radius 3 is 2.13 bits per heavy atom. The summed E-state index contributed by atoms with van der Waals surface area (Å²) in [6.07, 6.45) is 7.85. The zero-order chi connectivity index (χ0) is 39.6. The minimum atomic E-state index is -0.337. The normalized spacial score (nSPS) is 12.6. The second-order valence-corrected chi connectivity index (χ2v) is 19.2. The first kappa shape index (κ1) is 44.6. The van der Waals surface area contributed by atoms with Crippen molar-refractivity contribution in [2.45, 2.75) is 121 Å². The van der Waals surface area contributed by atoms with Gasteiger partial charge in [0.15, 0.2) is 5.78 Å². The van der Waals surface area contributed by atoms with Crippen LogP contribution in [0.2, 0.25) is 0 Å². The zero-order valence-corrected chi connectivity index (χ0v) is 39.0. The molecule has 0 atom stereocenters. The predicted molar refractivity (Wildman–Crippen MR) is 237 cm³/mol. The Bertz CT molecular complexity index is 2290. The fourth-order valence-corrected chi connectivity index (χ4v) is 9.51. The number of carbonyl (C=O) groups excluding carboxylic acids is 1. The van der Waals surface area contributed by atoms with E-state index >= 15 is 0 Å². The molecule has 0 aliphatic rings.